The summed E-state index contributed by atoms with van der Waals surface area (Å²) in [5, 5.41) is 14.0. The topological polar surface area (TPSA) is 69.8 Å². The minimum absolute atomic E-state index is 0.0946. The number of carbonyl (C=O) groups is 1. The minimum atomic E-state index is -0.0946. The standard InChI is InChI=1S/C16H19ClN4O/c1-10-7-13(5-6-18-10)20-16(22)14-9-19-21-15(14)11-3-2-4-12(17)8-11/h2-4,8-10,13,18H,5-7H2,1H3,(H,19,21)(H,20,22). The highest BCUT2D eigenvalue weighted by Gasteiger charge is 2.22. The van der Waals surface area contributed by atoms with Crippen LogP contribution in [0.1, 0.15) is 30.1 Å². The molecule has 1 aliphatic rings. The molecule has 0 bridgehead atoms. The molecule has 2 heterocycles. The van der Waals surface area contributed by atoms with E-state index in [0.717, 1.165) is 24.9 Å². The van der Waals surface area contributed by atoms with Crippen LogP contribution in [0.4, 0.5) is 0 Å². The summed E-state index contributed by atoms with van der Waals surface area (Å²) in [5.74, 6) is -0.0946. The van der Waals surface area contributed by atoms with Crippen molar-refractivity contribution in [2.75, 3.05) is 6.54 Å². The van der Waals surface area contributed by atoms with Crippen molar-refractivity contribution in [2.45, 2.75) is 31.8 Å². The third kappa shape index (κ3) is 3.31. The molecule has 2 atom stereocenters. The van der Waals surface area contributed by atoms with Gasteiger partial charge in [-0.2, -0.15) is 5.10 Å². The molecule has 116 valence electrons. The van der Waals surface area contributed by atoms with Crippen LogP contribution in [0, 0.1) is 0 Å². The van der Waals surface area contributed by atoms with E-state index in [1.807, 2.05) is 18.2 Å². The van der Waals surface area contributed by atoms with E-state index in [4.69, 9.17) is 11.6 Å². The van der Waals surface area contributed by atoms with Crippen LogP contribution in [0.5, 0.6) is 0 Å². The van der Waals surface area contributed by atoms with Gasteiger partial charge in [0.1, 0.15) is 0 Å². The Morgan fingerprint density at radius 3 is 3.09 bits per heavy atom. The monoisotopic (exact) mass is 318 g/mol. The van der Waals surface area contributed by atoms with E-state index in [0.29, 0.717) is 22.3 Å². The number of nitrogens with one attached hydrogen (secondary N) is 3. The Kier molecular flexibility index (Phi) is 4.45. The third-order valence-corrected chi connectivity index (χ3v) is 4.19. The lowest BCUT2D eigenvalue weighted by Gasteiger charge is -2.28. The number of H-pyrrole nitrogens is 1. The summed E-state index contributed by atoms with van der Waals surface area (Å²) < 4.78 is 0. The number of benzene rings is 1. The Morgan fingerprint density at radius 1 is 1.45 bits per heavy atom. The highest BCUT2D eigenvalue weighted by atomic mass is 35.5. The molecule has 2 unspecified atom stereocenters. The number of amides is 1. The number of hydrogen-bond donors (Lipinski definition) is 3. The van der Waals surface area contributed by atoms with Crippen molar-refractivity contribution >= 4 is 17.5 Å². The highest BCUT2D eigenvalue weighted by molar-refractivity contribution is 6.30. The van der Waals surface area contributed by atoms with E-state index < -0.39 is 0 Å². The summed E-state index contributed by atoms with van der Waals surface area (Å²) in [4.78, 5) is 12.5. The molecular weight excluding hydrogens is 300 g/mol. The zero-order valence-corrected chi connectivity index (χ0v) is 13.2. The molecule has 0 aliphatic carbocycles. The Hall–Kier alpha value is -1.85. The quantitative estimate of drug-likeness (QED) is 0.814. The maximum absolute atomic E-state index is 12.5. The molecule has 2 aromatic rings. The number of carbonyl (C=O) groups excluding carboxylic acids is 1. The number of piperidine rings is 1. The SMILES string of the molecule is CC1CC(NC(=O)c2cn[nH]c2-c2cccc(Cl)c2)CCN1. The second-order valence-electron chi connectivity index (χ2n) is 5.72. The maximum Gasteiger partial charge on any atom is 0.255 e. The van der Waals surface area contributed by atoms with Crippen LogP contribution < -0.4 is 10.6 Å². The number of aromatic amines is 1. The molecule has 1 amide bonds. The summed E-state index contributed by atoms with van der Waals surface area (Å²) >= 11 is 6.02. The van der Waals surface area contributed by atoms with E-state index in [1.165, 1.54) is 0 Å². The molecule has 0 saturated carbocycles. The van der Waals surface area contributed by atoms with Gasteiger partial charge in [-0.25, -0.2) is 0 Å². The molecule has 3 rings (SSSR count). The number of halogens is 1. The van der Waals surface area contributed by atoms with E-state index in [2.05, 4.69) is 27.8 Å². The van der Waals surface area contributed by atoms with Gasteiger partial charge in [0.2, 0.25) is 0 Å². The van der Waals surface area contributed by atoms with Crippen LogP contribution in [-0.4, -0.2) is 34.7 Å². The fourth-order valence-corrected chi connectivity index (χ4v) is 3.04. The normalized spacial score (nSPS) is 21.5. The molecular formula is C16H19ClN4O. The molecule has 1 aromatic heterocycles. The largest absolute Gasteiger partial charge is 0.349 e. The van der Waals surface area contributed by atoms with Crippen molar-refractivity contribution in [3.05, 3.63) is 41.0 Å². The van der Waals surface area contributed by atoms with Gasteiger partial charge in [-0.05, 0) is 38.4 Å². The van der Waals surface area contributed by atoms with E-state index >= 15 is 0 Å². The molecule has 5 nitrogen and oxygen atoms in total. The first-order valence-corrected chi connectivity index (χ1v) is 7.85. The maximum atomic E-state index is 12.5. The summed E-state index contributed by atoms with van der Waals surface area (Å²) in [6, 6.07) is 8.01. The van der Waals surface area contributed by atoms with Crippen LogP contribution in [0.25, 0.3) is 11.3 Å². The molecule has 0 radical (unpaired) electrons. The fourth-order valence-electron chi connectivity index (χ4n) is 2.85. The van der Waals surface area contributed by atoms with Crippen molar-refractivity contribution in [3.63, 3.8) is 0 Å². The average Bonchev–Trinajstić information content (AvgIpc) is 2.97. The first-order chi connectivity index (χ1) is 10.6. The van der Waals surface area contributed by atoms with Gasteiger partial charge in [-0.1, -0.05) is 23.7 Å². The van der Waals surface area contributed by atoms with Gasteiger partial charge in [-0.15, -0.1) is 0 Å². The van der Waals surface area contributed by atoms with Gasteiger partial charge in [0.05, 0.1) is 17.5 Å². The molecule has 1 aromatic carbocycles. The van der Waals surface area contributed by atoms with Gasteiger partial charge >= 0.3 is 0 Å². The molecule has 1 saturated heterocycles. The van der Waals surface area contributed by atoms with Gasteiger partial charge in [0.15, 0.2) is 0 Å². The highest BCUT2D eigenvalue weighted by Crippen LogP contribution is 2.24. The van der Waals surface area contributed by atoms with Crippen molar-refractivity contribution < 1.29 is 4.79 Å². The van der Waals surface area contributed by atoms with Crippen LogP contribution >= 0.6 is 11.6 Å². The summed E-state index contributed by atoms with van der Waals surface area (Å²) in [5.41, 5.74) is 2.10. The summed E-state index contributed by atoms with van der Waals surface area (Å²) in [6.07, 6.45) is 3.45. The van der Waals surface area contributed by atoms with Gasteiger partial charge in [0, 0.05) is 22.7 Å². The third-order valence-electron chi connectivity index (χ3n) is 3.96. The zero-order chi connectivity index (χ0) is 15.5. The summed E-state index contributed by atoms with van der Waals surface area (Å²) in [6.45, 7) is 3.06. The smallest absolute Gasteiger partial charge is 0.255 e. The van der Waals surface area contributed by atoms with Crippen LogP contribution in [0.2, 0.25) is 5.02 Å². The molecule has 0 spiro atoms. The summed E-state index contributed by atoms with van der Waals surface area (Å²) in [7, 11) is 0. The Bertz CT molecular complexity index is 670. The van der Waals surface area contributed by atoms with E-state index in [1.54, 1.807) is 12.3 Å². The lowest BCUT2D eigenvalue weighted by molar-refractivity contribution is 0.0926. The molecule has 3 N–H and O–H groups in total. The van der Waals surface area contributed by atoms with Crippen molar-refractivity contribution in [3.8, 4) is 11.3 Å². The van der Waals surface area contributed by atoms with Crippen LogP contribution in [0.3, 0.4) is 0 Å². The second-order valence-corrected chi connectivity index (χ2v) is 6.16. The first-order valence-electron chi connectivity index (χ1n) is 7.47. The lowest BCUT2D eigenvalue weighted by atomic mass is 10.00. The van der Waals surface area contributed by atoms with Crippen molar-refractivity contribution in [1.29, 1.82) is 0 Å². The van der Waals surface area contributed by atoms with Crippen LogP contribution in [-0.2, 0) is 0 Å². The van der Waals surface area contributed by atoms with E-state index in [9.17, 15) is 4.79 Å². The van der Waals surface area contributed by atoms with Gasteiger partial charge in [0.25, 0.3) is 5.91 Å². The minimum Gasteiger partial charge on any atom is -0.349 e. The Labute approximate surface area is 134 Å². The second kappa shape index (κ2) is 6.50. The average molecular weight is 319 g/mol. The Morgan fingerprint density at radius 2 is 2.32 bits per heavy atom. The fraction of sp³-hybridized carbons (Fsp3) is 0.375. The predicted octanol–water partition coefficient (Wildman–Crippen LogP) is 2.60. The number of nitrogens with zero attached hydrogens (tertiary/aromatic N) is 1. The number of aromatic nitrogens is 2. The Balaban J connectivity index is 1.78. The van der Waals surface area contributed by atoms with Gasteiger partial charge < -0.3 is 10.6 Å². The predicted molar refractivity (Wildman–Crippen MR) is 87.0 cm³/mol. The van der Waals surface area contributed by atoms with E-state index in [-0.39, 0.29) is 11.9 Å². The van der Waals surface area contributed by atoms with Crippen molar-refractivity contribution in [1.82, 2.24) is 20.8 Å². The lowest BCUT2D eigenvalue weighted by Crippen LogP contribution is -2.46. The molecule has 22 heavy (non-hydrogen) atoms. The van der Waals surface area contributed by atoms with Crippen LogP contribution in [0.15, 0.2) is 30.5 Å². The van der Waals surface area contributed by atoms with Gasteiger partial charge in [-0.3, -0.25) is 9.89 Å². The number of hydrogen-bond acceptors (Lipinski definition) is 3. The molecule has 6 heteroatoms. The molecule has 1 fully saturated rings. The zero-order valence-electron chi connectivity index (χ0n) is 12.4. The first kappa shape index (κ1) is 15.1. The van der Waals surface area contributed by atoms with Crippen molar-refractivity contribution in [2.24, 2.45) is 0 Å². The molecule has 1 aliphatic heterocycles. The number of rotatable bonds is 3.